The molecule has 0 fully saturated rings. The minimum atomic E-state index is 0.431. The number of rotatable bonds is 9. The molecule has 0 amide bonds. The van der Waals surface area contributed by atoms with Gasteiger partial charge in [0.25, 0.3) is 0 Å². The lowest BCUT2D eigenvalue weighted by molar-refractivity contribution is -0.915. The van der Waals surface area contributed by atoms with Gasteiger partial charge >= 0.3 is 0 Å². The predicted molar refractivity (Wildman–Crippen MR) is 171 cm³/mol. The highest BCUT2D eigenvalue weighted by molar-refractivity contribution is 5.78. The van der Waals surface area contributed by atoms with Crippen molar-refractivity contribution < 1.29 is 8.97 Å². The summed E-state index contributed by atoms with van der Waals surface area (Å²) in [4.78, 5) is 0. The summed E-state index contributed by atoms with van der Waals surface area (Å²) in [6.07, 6.45) is 5.15. The van der Waals surface area contributed by atoms with Crippen LogP contribution in [0.25, 0.3) is 22.3 Å². The minimum Gasteiger partial charge on any atom is -0.318 e. The first-order valence-corrected chi connectivity index (χ1v) is 15.4. The van der Waals surface area contributed by atoms with Gasteiger partial charge in [-0.2, -0.15) is 0 Å². The third-order valence-electron chi connectivity index (χ3n) is 9.22. The van der Waals surface area contributed by atoms with Crippen molar-refractivity contribution in [1.29, 1.82) is 0 Å². The van der Waals surface area contributed by atoms with Gasteiger partial charge in [0.2, 0.25) is 0 Å². The van der Waals surface area contributed by atoms with E-state index in [1.54, 1.807) is 0 Å². The fourth-order valence-corrected chi connectivity index (χ4v) is 7.41. The quantitative estimate of drug-likeness (QED) is 0.149. The number of hydrogen-bond acceptors (Lipinski definition) is 0. The van der Waals surface area contributed by atoms with Crippen LogP contribution in [0, 0.1) is 0 Å². The van der Waals surface area contributed by atoms with Crippen LogP contribution in [0.4, 0.5) is 0 Å². The van der Waals surface area contributed by atoms with Crippen LogP contribution >= 0.6 is 0 Å². The summed E-state index contributed by atoms with van der Waals surface area (Å²) in [5.41, 5.74) is 11.7. The van der Waals surface area contributed by atoms with E-state index in [1.165, 1.54) is 83.3 Å². The topological polar surface area (TPSA) is 0 Å². The molecule has 6 rings (SSSR count). The third kappa shape index (κ3) is 5.16. The van der Waals surface area contributed by atoms with E-state index in [1.807, 2.05) is 13.8 Å². The molecule has 0 aliphatic heterocycles. The van der Waals surface area contributed by atoms with E-state index in [4.69, 9.17) is 0 Å². The molecule has 0 spiro atoms. The Morgan fingerprint density at radius 2 is 0.650 bits per heavy atom. The summed E-state index contributed by atoms with van der Waals surface area (Å²) in [6, 6.07) is 37.0. The second-order valence-corrected chi connectivity index (χ2v) is 12.6. The van der Waals surface area contributed by atoms with Crippen LogP contribution < -0.4 is 0 Å². The van der Waals surface area contributed by atoms with Crippen LogP contribution in [0.5, 0.6) is 0 Å². The first-order valence-electron chi connectivity index (χ1n) is 15.4. The largest absolute Gasteiger partial charge is 0.318 e. The molecule has 0 atom stereocenters. The number of quaternary nitrogens is 2. The molecule has 0 unspecified atom stereocenters. The smallest absolute Gasteiger partial charge is 0.141 e. The van der Waals surface area contributed by atoms with Gasteiger partial charge in [-0.25, -0.2) is 0 Å². The molecule has 0 aromatic heterocycles. The molecular weight excluding hydrogens is 484 g/mol. The van der Waals surface area contributed by atoms with E-state index in [0.717, 1.165) is 8.97 Å². The molecule has 4 aromatic carbocycles. The van der Waals surface area contributed by atoms with Gasteiger partial charge in [-0.3, -0.25) is 0 Å². The molecule has 0 bridgehead atoms. The lowest BCUT2D eigenvalue weighted by Gasteiger charge is -2.38. The standard InChI is InChI=1S/C36H42N2.C2H6/c1-37(2,35-31-21-11-7-17-27(31)28-18-8-12-22-32(28)35)25-15-5-6-16-26-38(3,4)36-33-23-13-9-19-29(33)30-20-10-14-24-34(30)36;1-2/h7-14,17-24,35-36H,5-6,15-16,25-26H2,1-4H3;1-2H3/q+2;. The molecule has 2 aliphatic rings. The summed E-state index contributed by atoms with van der Waals surface area (Å²) < 4.78 is 2.04. The molecule has 40 heavy (non-hydrogen) atoms. The lowest BCUT2D eigenvalue weighted by atomic mass is 10.00. The highest BCUT2D eigenvalue weighted by Gasteiger charge is 2.40. The molecule has 2 nitrogen and oxygen atoms in total. The summed E-state index contributed by atoms with van der Waals surface area (Å²) in [5, 5.41) is 0. The summed E-state index contributed by atoms with van der Waals surface area (Å²) in [7, 11) is 9.72. The van der Waals surface area contributed by atoms with Crippen molar-refractivity contribution >= 4 is 0 Å². The van der Waals surface area contributed by atoms with E-state index < -0.39 is 0 Å². The molecule has 0 saturated heterocycles. The Hall–Kier alpha value is -3.20. The van der Waals surface area contributed by atoms with Crippen LogP contribution in [-0.4, -0.2) is 50.2 Å². The van der Waals surface area contributed by atoms with Crippen LogP contribution in [0.2, 0.25) is 0 Å². The predicted octanol–water partition coefficient (Wildman–Crippen LogP) is 9.27. The zero-order valence-electron chi connectivity index (χ0n) is 25.5. The Morgan fingerprint density at radius 1 is 0.400 bits per heavy atom. The van der Waals surface area contributed by atoms with Crippen LogP contribution in [0.15, 0.2) is 97.1 Å². The highest BCUT2D eigenvalue weighted by Crippen LogP contribution is 2.49. The van der Waals surface area contributed by atoms with E-state index in [0.29, 0.717) is 12.1 Å². The molecule has 0 heterocycles. The van der Waals surface area contributed by atoms with Gasteiger partial charge < -0.3 is 8.97 Å². The number of benzene rings is 4. The molecular formula is C38H48N2+2. The van der Waals surface area contributed by atoms with Crippen LogP contribution in [-0.2, 0) is 0 Å². The molecule has 0 radical (unpaired) electrons. The van der Waals surface area contributed by atoms with Crippen molar-refractivity contribution in [2.24, 2.45) is 0 Å². The Bertz CT molecular complexity index is 1250. The Morgan fingerprint density at radius 3 is 0.925 bits per heavy atom. The van der Waals surface area contributed by atoms with Crippen molar-refractivity contribution in [3.63, 3.8) is 0 Å². The van der Waals surface area contributed by atoms with E-state index in [-0.39, 0.29) is 0 Å². The summed E-state index contributed by atoms with van der Waals surface area (Å²) in [6.45, 7) is 6.41. The number of nitrogens with zero attached hydrogens (tertiary/aromatic N) is 2. The molecule has 2 heteroatoms. The van der Waals surface area contributed by atoms with E-state index in [2.05, 4.69) is 125 Å². The highest BCUT2D eigenvalue weighted by atomic mass is 15.3. The third-order valence-corrected chi connectivity index (χ3v) is 9.22. The minimum absolute atomic E-state index is 0.431. The maximum absolute atomic E-state index is 2.43. The van der Waals surface area contributed by atoms with Gasteiger partial charge in [0.15, 0.2) is 0 Å². The molecule has 0 saturated carbocycles. The monoisotopic (exact) mass is 532 g/mol. The Labute approximate surface area is 243 Å². The van der Waals surface area contributed by atoms with E-state index >= 15 is 0 Å². The average Bonchev–Trinajstić information content (AvgIpc) is 3.50. The Kier molecular flexibility index (Phi) is 8.31. The van der Waals surface area contributed by atoms with E-state index in [9.17, 15) is 0 Å². The fraction of sp³-hybridized carbons (Fsp3) is 0.368. The van der Waals surface area contributed by atoms with Gasteiger partial charge in [0.1, 0.15) is 12.1 Å². The number of fused-ring (bicyclic) bond motifs is 6. The van der Waals surface area contributed by atoms with Crippen LogP contribution in [0.1, 0.15) is 73.9 Å². The number of unbranched alkanes of at least 4 members (excludes halogenated alkanes) is 3. The summed E-state index contributed by atoms with van der Waals surface area (Å²) >= 11 is 0. The Balaban J connectivity index is 0.00000158. The molecule has 0 N–H and O–H groups in total. The summed E-state index contributed by atoms with van der Waals surface area (Å²) in [5.74, 6) is 0. The fourth-order valence-electron chi connectivity index (χ4n) is 7.41. The molecule has 2 aliphatic carbocycles. The lowest BCUT2D eigenvalue weighted by Crippen LogP contribution is -2.44. The first-order chi connectivity index (χ1) is 19.4. The first kappa shape index (κ1) is 28.3. The van der Waals surface area contributed by atoms with Gasteiger partial charge in [-0.05, 0) is 47.9 Å². The maximum Gasteiger partial charge on any atom is 0.141 e. The van der Waals surface area contributed by atoms with Crippen molar-refractivity contribution in [2.45, 2.75) is 51.6 Å². The van der Waals surface area contributed by atoms with Crippen molar-refractivity contribution in [2.75, 3.05) is 41.3 Å². The average molecular weight is 533 g/mol. The zero-order valence-corrected chi connectivity index (χ0v) is 25.5. The van der Waals surface area contributed by atoms with Gasteiger partial charge in [-0.15, -0.1) is 0 Å². The second-order valence-electron chi connectivity index (χ2n) is 12.6. The van der Waals surface area contributed by atoms with Crippen LogP contribution in [0.3, 0.4) is 0 Å². The zero-order chi connectivity index (χ0) is 28.3. The second kappa shape index (κ2) is 11.7. The van der Waals surface area contributed by atoms with Gasteiger partial charge in [-0.1, -0.05) is 111 Å². The van der Waals surface area contributed by atoms with Gasteiger partial charge in [0.05, 0.1) is 41.3 Å². The molecule has 4 aromatic rings. The van der Waals surface area contributed by atoms with Crippen molar-refractivity contribution in [3.05, 3.63) is 119 Å². The van der Waals surface area contributed by atoms with Crippen molar-refractivity contribution in [1.82, 2.24) is 0 Å². The maximum atomic E-state index is 2.43. The van der Waals surface area contributed by atoms with Crippen molar-refractivity contribution in [3.8, 4) is 22.3 Å². The van der Waals surface area contributed by atoms with Gasteiger partial charge in [0, 0.05) is 22.3 Å². The SMILES string of the molecule is CC.C[N+](C)(CCCCCC[N+](C)(C)C1c2ccccc2-c2ccccc21)C1c2ccccc2-c2ccccc21. The molecule has 208 valence electrons. The normalized spacial score (nSPS) is 14.2. The number of hydrogen-bond donors (Lipinski definition) is 0.